The molecule has 4 heteroatoms. The first-order valence-corrected chi connectivity index (χ1v) is 19.8. The van der Waals surface area contributed by atoms with Gasteiger partial charge in [-0.3, -0.25) is 4.57 Å². The molecule has 0 saturated carbocycles. The Kier molecular flexibility index (Phi) is 6.41. The van der Waals surface area contributed by atoms with Crippen molar-refractivity contribution in [1.82, 2.24) is 19.1 Å². The van der Waals surface area contributed by atoms with Crippen LogP contribution in [-0.2, 0) is 0 Å². The fraction of sp³-hybridized carbons (Fsp3) is 0. The molecule has 0 atom stereocenters. The van der Waals surface area contributed by atoms with Gasteiger partial charge in [0.05, 0.1) is 33.1 Å². The molecule has 0 aliphatic heterocycles. The molecule has 0 radical (unpaired) electrons. The maximum absolute atomic E-state index is 5.52. The van der Waals surface area contributed by atoms with Gasteiger partial charge in [0.2, 0.25) is 0 Å². The van der Waals surface area contributed by atoms with Crippen molar-refractivity contribution in [3.05, 3.63) is 194 Å². The smallest absolute Gasteiger partial charge is 0.165 e. The van der Waals surface area contributed by atoms with E-state index in [1.165, 1.54) is 70.3 Å². The minimum absolute atomic E-state index is 0.808. The molecular weight excluding hydrogens is 705 g/mol. The zero-order chi connectivity index (χ0) is 37.9. The van der Waals surface area contributed by atoms with E-state index in [2.05, 4.69) is 191 Å². The first kappa shape index (κ1) is 31.4. The van der Waals surface area contributed by atoms with Gasteiger partial charge in [0.1, 0.15) is 5.69 Å². The summed E-state index contributed by atoms with van der Waals surface area (Å²) in [6.45, 7) is 0. The molecule has 0 aliphatic carbocycles. The fourth-order valence-electron chi connectivity index (χ4n) is 9.66. The summed E-state index contributed by atoms with van der Waals surface area (Å²) in [4.78, 5) is 11.0. The van der Waals surface area contributed by atoms with Gasteiger partial charge in [-0.1, -0.05) is 133 Å². The van der Waals surface area contributed by atoms with Crippen molar-refractivity contribution in [3.8, 4) is 22.8 Å². The molecular formula is C54H32N4. The number of nitrogens with zero attached hydrogens (tertiary/aromatic N) is 4. The quantitative estimate of drug-likeness (QED) is 0.169. The summed E-state index contributed by atoms with van der Waals surface area (Å²) in [7, 11) is 0. The average Bonchev–Trinajstić information content (AvgIpc) is 3.79. The Morgan fingerprint density at radius 3 is 1.47 bits per heavy atom. The summed E-state index contributed by atoms with van der Waals surface area (Å²) >= 11 is 0. The molecule has 10 aromatic carbocycles. The van der Waals surface area contributed by atoms with Crippen LogP contribution in [0, 0.1) is 0 Å². The van der Waals surface area contributed by atoms with Gasteiger partial charge in [-0.25, -0.2) is 9.97 Å². The summed E-state index contributed by atoms with van der Waals surface area (Å²) in [6.07, 6.45) is 0. The monoisotopic (exact) mass is 736 g/mol. The number of aromatic nitrogens is 4. The predicted octanol–water partition coefficient (Wildman–Crippen LogP) is 14.1. The first-order valence-electron chi connectivity index (χ1n) is 19.8. The van der Waals surface area contributed by atoms with E-state index >= 15 is 0 Å². The SMILES string of the molecule is c1ccc2cc3c(cc2c1)c1cc(-n2c4ccccc4c4ccccc42)ccc1n3-c1nc2ccccc2nc1-c1ccc2c3ccccc3c3ccccc3c2c1. The van der Waals surface area contributed by atoms with Gasteiger partial charge in [-0.15, -0.1) is 0 Å². The topological polar surface area (TPSA) is 35.6 Å². The lowest BCUT2D eigenvalue weighted by Gasteiger charge is -2.16. The lowest BCUT2D eigenvalue weighted by Crippen LogP contribution is -2.04. The molecule has 0 spiro atoms. The van der Waals surface area contributed by atoms with Crippen LogP contribution < -0.4 is 0 Å². The summed E-state index contributed by atoms with van der Waals surface area (Å²) in [5.41, 5.74) is 9.27. The number of hydrogen-bond acceptors (Lipinski definition) is 2. The molecule has 0 amide bonds. The third-order valence-corrected chi connectivity index (χ3v) is 12.2. The molecule has 4 nitrogen and oxygen atoms in total. The summed E-state index contributed by atoms with van der Waals surface area (Å²) in [5, 5.41) is 14.7. The predicted molar refractivity (Wildman–Crippen MR) is 244 cm³/mol. The second-order valence-corrected chi connectivity index (χ2v) is 15.4. The zero-order valence-corrected chi connectivity index (χ0v) is 31.3. The fourth-order valence-corrected chi connectivity index (χ4v) is 9.66. The minimum atomic E-state index is 0.808. The Morgan fingerprint density at radius 1 is 0.293 bits per heavy atom. The van der Waals surface area contributed by atoms with E-state index in [-0.39, 0.29) is 0 Å². The molecule has 3 aromatic heterocycles. The Labute approximate surface area is 332 Å². The molecule has 0 unspecified atom stereocenters. The van der Waals surface area contributed by atoms with Gasteiger partial charge < -0.3 is 4.57 Å². The first-order chi connectivity index (χ1) is 28.8. The highest BCUT2D eigenvalue weighted by molar-refractivity contribution is 6.26. The van der Waals surface area contributed by atoms with Crippen LogP contribution in [-0.4, -0.2) is 19.1 Å². The Bertz CT molecular complexity index is 3780. The van der Waals surface area contributed by atoms with Gasteiger partial charge in [0, 0.05) is 32.8 Å². The molecule has 13 aromatic rings. The van der Waals surface area contributed by atoms with Crippen molar-refractivity contribution in [2.24, 2.45) is 0 Å². The second kappa shape index (κ2) is 11.8. The Morgan fingerprint density at radius 2 is 0.793 bits per heavy atom. The molecule has 268 valence electrons. The molecule has 0 bridgehead atoms. The van der Waals surface area contributed by atoms with Crippen LogP contribution in [0.2, 0.25) is 0 Å². The van der Waals surface area contributed by atoms with E-state index in [1.807, 2.05) is 12.1 Å². The average molecular weight is 737 g/mol. The summed E-state index contributed by atoms with van der Waals surface area (Å²) in [6, 6.07) is 70.2. The number of para-hydroxylation sites is 4. The lowest BCUT2D eigenvalue weighted by atomic mass is 9.93. The van der Waals surface area contributed by atoms with Gasteiger partial charge in [0.25, 0.3) is 0 Å². The van der Waals surface area contributed by atoms with Gasteiger partial charge in [-0.05, 0) is 104 Å². The molecule has 0 fully saturated rings. The van der Waals surface area contributed by atoms with Crippen molar-refractivity contribution in [2.75, 3.05) is 0 Å². The molecule has 0 aliphatic rings. The maximum atomic E-state index is 5.52. The van der Waals surface area contributed by atoms with Gasteiger partial charge >= 0.3 is 0 Å². The third-order valence-electron chi connectivity index (χ3n) is 12.2. The minimum Gasteiger partial charge on any atom is -0.309 e. The van der Waals surface area contributed by atoms with Crippen LogP contribution >= 0.6 is 0 Å². The summed E-state index contributed by atoms with van der Waals surface area (Å²) < 4.78 is 4.75. The number of benzene rings is 10. The van der Waals surface area contributed by atoms with E-state index in [0.29, 0.717) is 0 Å². The van der Waals surface area contributed by atoms with E-state index < -0.39 is 0 Å². The van der Waals surface area contributed by atoms with Crippen LogP contribution in [0.15, 0.2) is 194 Å². The van der Waals surface area contributed by atoms with Crippen LogP contribution in [0.1, 0.15) is 0 Å². The highest BCUT2D eigenvalue weighted by Crippen LogP contribution is 2.42. The van der Waals surface area contributed by atoms with E-state index in [1.54, 1.807) is 0 Å². The largest absolute Gasteiger partial charge is 0.309 e. The standard InChI is InChI=1S/C54H32N4/c1-2-14-34-31-52-45(29-33(34)13-1)46-32-36(57-49-23-11-7-19-42(49)43-20-8-12-24-50(43)57)26-28-51(46)58(52)54-53(55-47-21-9-10-22-48(47)56-54)35-25-27-41-39-17-4-3-15-37(39)38-16-5-6-18-40(38)44(41)30-35/h1-32H. The molecule has 13 rings (SSSR count). The van der Waals surface area contributed by atoms with Crippen molar-refractivity contribution in [1.29, 1.82) is 0 Å². The molecule has 3 heterocycles. The van der Waals surface area contributed by atoms with Crippen molar-refractivity contribution < 1.29 is 0 Å². The van der Waals surface area contributed by atoms with E-state index in [9.17, 15) is 0 Å². The van der Waals surface area contributed by atoms with Crippen molar-refractivity contribution >= 4 is 97.7 Å². The van der Waals surface area contributed by atoms with Crippen LogP contribution in [0.25, 0.3) is 120 Å². The highest BCUT2D eigenvalue weighted by atomic mass is 15.1. The normalized spacial score (nSPS) is 12.1. The van der Waals surface area contributed by atoms with Crippen molar-refractivity contribution in [2.45, 2.75) is 0 Å². The molecule has 58 heavy (non-hydrogen) atoms. The van der Waals surface area contributed by atoms with Crippen LogP contribution in [0.3, 0.4) is 0 Å². The van der Waals surface area contributed by atoms with Gasteiger partial charge in [0.15, 0.2) is 5.82 Å². The van der Waals surface area contributed by atoms with E-state index in [4.69, 9.17) is 9.97 Å². The molecule has 0 saturated heterocycles. The lowest BCUT2D eigenvalue weighted by molar-refractivity contribution is 1.08. The Hall–Kier alpha value is -7.82. The number of rotatable bonds is 3. The number of hydrogen-bond donors (Lipinski definition) is 0. The van der Waals surface area contributed by atoms with Crippen LogP contribution in [0.5, 0.6) is 0 Å². The third kappa shape index (κ3) is 4.40. The Balaban J connectivity index is 1.14. The number of fused-ring (bicyclic) bond motifs is 14. The highest BCUT2D eigenvalue weighted by Gasteiger charge is 2.22. The summed E-state index contributed by atoms with van der Waals surface area (Å²) in [5.74, 6) is 0.808. The molecule has 0 N–H and O–H groups in total. The van der Waals surface area contributed by atoms with Crippen molar-refractivity contribution in [3.63, 3.8) is 0 Å². The van der Waals surface area contributed by atoms with E-state index in [0.717, 1.165) is 50.2 Å². The van der Waals surface area contributed by atoms with Crippen LogP contribution in [0.4, 0.5) is 0 Å². The zero-order valence-electron chi connectivity index (χ0n) is 31.3. The van der Waals surface area contributed by atoms with Gasteiger partial charge in [-0.2, -0.15) is 0 Å². The second-order valence-electron chi connectivity index (χ2n) is 15.4. The maximum Gasteiger partial charge on any atom is 0.165 e.